The molecule has 0 N–H and O–H groups in total. The standard InChI is InChI=1S/C24H25N7/c1-28-8-10-30(11-9-28)19-5-3-4-17(12-19)15-29(2)23-14-25-22-13-18(6-7-21(22)26-23)20-16-31-24(20)27-31/h3-7,12-14,16H,8-11,15H2,1-2H3. The summed E-state index contributed by atoms with van der Waals surface area (Å²) in [5, 5.41) is 4.23. The van der Waals surface area contributed by atoms with E-state index in [1.807, 2.05) is 17.1 Å². The van der Waals surface area contributed by atoms with Crippen LogP contribution in [-0.2, 0) is 6.54 Å². The van der Waals surface area contributed by atoms with Gasteiger partial charge in [0.05, 0.1) is 17.2 Å². The first-order valence-corrected chi connectivity index (χ1v) is 10.7. The molecule has 156 valence electrons. The van der Waals surface area contributed by atoms with E-state index in [0.29, 0.717) is 0 Å². The van der Waals surface area contributed by atoms with E-state index >= 15 is 0 Å². The average Bonchev–Trinajstić information content (AvgIpc) is 3.43. The topological polar surface area (TPSA) is 53.3 Å². The molecule has 0 saturated carbocycles. The lowest BCUT2D eigenvalue weighted by molar-refractivity contribution is 0.313. The van der Waals surface area contributed by atoms with Crippen molar-refractivity contribution in [2.75, 3.05) is 50.1 Å². The van der Waals surface area contributed by atoms with Gasteiger partial charge in [-0.15, -0.1) is 5.10 Å². The molecule has 1 fully saturated rings. The van der Waals surface area contributed by atoms with Crippen molar-refractivity contribution in [2.45, 2.75) is 6.54 Å². The second-order valence-corrected chi connectivity index (χ2v) is 8.56. The van der Waals surface area contributed by atoms with Crippen LogP contribution >= 0.6 is 0 Å². The number of piperazine rings is 1. The van der Waals surface area contributed by atoms with E-state index in [4.69, 9.17) is 4.98 Å². The van der Waals surface area contributed by atoms with Gasteiger partial charge in [0.1, 0.15) is 5.82 Å². The van der Waals surface area contributed by atoms with Gasteiger partial charge in [0.15, 0.2) is 5.82 Å². The van der Waals surface area contributed by atoms with Crippen molar-refractivity contribution in [3.63, 3.8) is 0 Å². The molecule has 3 aliphatic heterocycles. The molecule has 6 rings (SSSR count). The Hall–Kier alpha value is -3.45. The molecule has 1 saturated heterocycles. The van der Waals surface area contributed by atoms with Gasteiger partial charge in [-0.2, -0.15) is 0 Å². The number of anilines is 2. The van der Waals surface area contributed by atoms with Crippen molar-refractivity contribution in [1.29, 1.82) is 0 Å². The minimum absolute atomic E-state index is 0.794. The van der Waals surface area contributed by atoms with Gasteiger partial charge in [0, 0.05) is 57.2 Å². The van der Waals surface area contributed by atoms with E-state index in [1.165, 1.54) is 16.8 Å². The van der Waals surface area contributed by atoms with E-state index in [0.717, 1.165) is 61.0 Å². The SMILES string of the molecule is CN1CCN(c2cccc(CN(C)c3cnc4cc(-c5cn6nc5-6)ccc4n3)c2)CC1. The lowest BCUT2D eigenvalue weighted by atomic mass is 10.1. The summed E-state index contributed by atoms with van der Waals surface area (Å²) in [7, 11) is 4.26. The Balaban J connectivity index is 1.19. The monoisotopic (exact) mass is 411 g/mol. The number of rotatable bonds is 5. The van der Waals surface area contributed by atoms with Crippen molar-refractivity contribution in [3.8, 4) is 16.9 Å². The summed E-state index contributed by atoms with van der Waals surface area (Å²) in [6, 6.07) is 15.1. The average molecular weight is 412 g/mol. The molecule has 0 unspecified atom stereocenters. The zero-order chi connectivity index (χ0) is 20.9. The Morgan fingerprint density at radius 1 is 1.00 bits per heavy atom. The van der Waals surface area contributed by atoms with Crippen LogP contribution < -0.4 is 9.80 Å². The molecule has 0 bridgehead atoms. The van der Waals surface area contributed by atoms with Crippen LogP contribution in [0.4, 0.5) is 11.5 Å². The molecule has 0 spiro atoms. The Kier molecular flexibility index (Phi) is 4.17. The van der Waals surface area contributed by atoms with Crippen molar-refractivity contribution in [3.05, 3.63) is 60.4 Å². The highest BCUT2D eigenvalue weighted by Gasteiger charge is 2.25. The number of hydrogen-bond acceptors (Lipinski definition) is 6. The summed E-state index contributed by atoms with van der Waals surface area (Å²) in [6.07, 6.45) is 3.91. The molecule has 0 aliphatic carbocycles. The fourth-order valence-electron chi connectivity index (χ4n) is 4.29. The van der Waals surface area contributed by atoms with Crippen LogP contribution in [0.25, 0.3) is 28.0 Å². The van der Waals surface area contributed by atoms with E-state index in [1.54, 1.807) is 0 Å². The fourth-order valence-corrected chi connectivity index (χ4v) is 4.29. The third-order valence-electron chi connectivity index (χ3n) is 6.30. The number of fused-ring (bicyclic) bond motifs is 2. The minimum Gasteiger partial charge on any atom is -0.369 e. The Morgan fingerprint density at radius 2 is 1.87 bits per heavy atom. The number of likely N-dealkylation sites (N-methyl/N-ethyl adjacent to an activating group) is 1. The molecular formula is C24H25N7. The fraction of sp³-hybridized carbons (Fsp3) is 0.292. The first kappa shape index (κ1) is 18.3. The second-order valence-electron chi connectivity index (χ2n) is 8.56. The molecule has 0 radical (unpaired) electrons. The zero-order valence-corrected chi connectivity index (χ0v) is 17.9. The van der Waals surface area contributed by atoms with Gasteiger partial charge in [-0.25, -0.2) is 9.67 Å². The lowest BCUT2D eigenvalue weighted by Gasteiger charge is -2.34. The third-order valence-corrected chi connectivity index (χ3v) is 6.30. The van der Waals surface area contributed by atoms with Gasteiger partial charge in [0.25, 0.3) is 0 Å². The summed E-state index contributed by atoms with van der Waals surface area (Å²) >= 11 is 0. The predicted molar refractivity (Wildman–Crippen MR) is 124 cm³/mol. The molecule has 7 nitrogen and oxygen atoms in total. The maximum absolute atomic E-state index is 4.85. The number of hydrogen-bond donors (Lipinski definition) is 0. The third kappa shape index (κ3) is 3.41. The van der Waals surface area contributed by atoms with Crippen molar-refractivity contribution < 1.29 is 0 Å². The Labute approximate surface area is 181 Å². The van der Waals surface area contributed by atoms with Gasteiger partial charge < -0.3 is 14.7 Å². The van der Waals surface area contributed by atoms with Gasteiger partial charge >= 0.3 is 0 Å². The van der Waals surface area contributed by atoms with Gasteiger partial charge in [-0.3, -0.25) is 4.98 Å². The van der Waals surface area contributed by atoms with Crippen molar-refractivity contribution in [1.82, 2.24) is 24.6 Å². The Morgan fingerprint density at radius 3 is 2.65 bits per heavy atom. The van der Waals surface area contributed by atoms with Gasteiger partial charge in [-0.1, -0.05) is 18.2 Å². The van der Waals surface area contributed by atoms with Gasteiger partial charge in [-0.05, 0) is 42.4 Å². The normalized spacial score (nSPS) is 15.5. The van der Waals surface area contributed by atoms with Gasteiger partial charge in [0.2, 0.25) is 0 Å². The minimum atomic E-state index is 0.794. The number of nitrogens with zero attached hydrogens (tertiary/aromatic N) is 7. The van der Waals surface area contributed by atoms with Crippen LogP contribution in [0, 0.1) is 0 Å². The van der Waals surface area contributed by atoms with Crippen LogP contribution in [0.1, 0.15) is 5.56 Å². The first-order valence-electron chi connectivity index (χ1n) is 10.7. The molecule has 3 aliphatic rings. The molecule has 3 aromatic rings. The van der Waals surface area contributed by atoms with Crippen LogP contribution in [0.5, 0.6) is 0 Å². The molecule has 31 heavy (non-hydrogen) atoms. The summed E-state index contributed by atoms with van der Waals surface area (Å²) in [5.74, 6) is 1.95. The van der Waals surface area contributed by atoms with Crippen LogP contribution in [-0.4, -0.2) is 64.9 Å². The maximum Gasteiger partial charge on any atom is 0.183 e. The summed E-state index contributed by atoms with van der Waals surface area (Å²) in [4.78, 5) is 16.6. The maximum atomic E-state index is 4.85. The Bertz CT molecular complexity index is 1270. The van der Waals surface area contributed by atoms with E-state index in [-0.39, 0.29) is 0 Å². The van der Waals surface area contributed by atoms with E-state index in [9.17, 15) is 0 Å². The molecular weight excluding hydrogens is 386 g/mol. The summed E-state index contributed by atoms with van der Waals surface area (Å²) in [6.45, 7) is 5.18. The smallest absolute Gasteiger partial charge is 0.183 e. The second kappa shape index (κ2) is 7.06. The quantitative estimate of drug-likeness (QED) is 0.443. The van der Waals surface area contributed by atoms with Crippen LogP contribution in [0.3, 0.4) is 0 Å². The summed E-state index contributed by atoms with van der Waals surface area (Å²) < 4.78 is 1.89. The van der Waals surface area contributed by atoms with Crippen molar-refractivity contribution in [2.24, 2.45) is 0 Å². The molecule has 7 heteroatoms. The molecule has 2 aromatic carbocycles. The van der Waals surface area contributed by atoms with Crippen LogP contribution in [0.15, 0.2) is 54.9 Å². The number of aromatic nitrogens is 4. The molecule has 4 heterocycles. The van der Waals surface area contributed by atoms with E-state index < -0.39 is 0 Å². The van der Waals surface area contributed by atoms with Crippen molar-refractivity contribution >= 4 is 22.5 Å². The lowest BCUT2D eigenvalue weighted by Crippen LogP contribution is -2.44. The largest absolute Gasteiger partial charge is 0.369 e. The van der Waals surface area contributed by atoms with E-state index in [2.05, 4.69) is 81.3 Å². The molecule has 1 aromatic heterocycles. The first-order chi connectivity index (χ1) is 15.1. The molecule has 0 atom stereocenters. The molecule has 0 amide bonds. The highest BCUT2D eigenvalue weighted by Crippen LogP contribution is 2.35. The van der Waals surface area contributed by atoms with Crippen LogP contribution in [0.2, 0.25) is 0 Å². The number of benzene rings is 2. The highest BCUT2D eigenvalue weighted by atomic mass is 15.5. The predicted octanol–water partition coefficient (Wildman–Crippen LogP) is 3.18. The zero-order valence-electron chi connectivity index (χ0n) is 17.9. The highest BCUT2D eigenvalue weighted by molar-refractivity contribution is 5.85. The summed E-state index contributed by atoms with van der Waals surface area (Å²) in [5.41, 5.74) is 6.74.